The lowest BCUT2D eigenvalue weighted by Crippen LogP contribution is -2.39. The fraction of sp³-hybridized carbons (Fsp3) is 0.284. The average Bonchev–Trinajstić information content (AvgIpc) is 2.17. The molecule has 8 rings (SSSR count). The molecule has 474 valence electrons. The van der Waals surface area contributed by atoms with E-state index >= 15 is 0 Å². The smallest absolute Gasteiger partial charge is 0.356 e. The van der Waals surface area contributed by atoms with E-state index in [1.54, 1.807) is 54.6 Å². The standard InChI is InChI=1S/C42H46N6O6.C25H28N6O6/c1-52-40(49)37-20-10-17-34(43-37)29-46(23-25-47(27-32-13-6-4-7-14-32)30-35-18-11-21-38(44-35)41(50)53-2)24-26-48(28-33-15-8-5-9-16-33)31-36-19-12-22-39(45-36)42(51)54-3;32-23(33)20-7-1-4-17(28-20)14-26-10-12-31(16-19-6-3-9-22(30-19)25(36)37)13-11-27-15-18-5-2-8-21(29-18)24(34)35/h4-22H,23-31H2,1-3H3;1-9,26-27H,10-16H2,(H,32,33)(H,34,35)(H,36,37). The van der Waals surface area contributed by atoms with Gasteiger partial charge in [0.25, 0.3) is 0 Å². The highest BCUT2D eigenvalue weighted by molar-refractivity contribution is 5.88. The van der Waals surface area contributed by atoms with Crippen molar-refractivity contribution in [2.45, 2.75) is 52.4 Å². The summed E-state index contributed by atoms with van der Waals surface area (Å²) in [6.07, 6.45) is 0. The molecule has 0 unspecified atom stereocenters. The van der Waals surface area contributed by atoms with Crippen LogP contribution in [0.2, 0.25) is 0 Å². The van der Waals surface area contributed by atoms with E-state index in [-0.39, 0.29) is 34.2 Å². The highest BCUT2D eigenvalue weighted by atomic mass is 16.5. The van der Waals surface area contributed by atoms with Crippen LogP contribution in [-0.4, -0.2) is 174 Å². The number of nitrogens with zero attached hydrogens (tertiary/aromatic N) is 10. The van der Waals surface area contributed by atoms with Gasteiger partial charge in [0.2, 0.25) is 0 Å². The van der Waals surface area contributed by atoms with Crippen molar-refractivity contribution in [1.82, 2.24) is 60.1 Å². The molecule has 24 nitrogen and oxygen atoms in total. The second-order valence-electron chi connectivity index (χ2n) is 20.8. The predicted molar refractivity (Wildman–Crippen MR) is 335 cm³/mol. The molecule has 0 atom stereocenters. The summed E-state index contributed by atoms with van der Waals surface area (Å²) < 4.78 is 14.8. The zero-order valence-electron chi connectivity index (χ0n) is 51.0. The Balaban J connectivity index is 0.000000278. The summed E-state index contributed by atoms with van der Waals surface area (Å²) in [5.74, 6) is -4.71. The van der Waals surface area contributed by atoms with E-state index in [1.807, 2.05) is 72.8 Å². The lowest BCUT2D eigenvalue weighted by Gasteiger charge is -2.30. The van der Waals surface area contributed by atoms with Crippen LogP contribution >= 0.6 is 0 Å². The van der Waals surface area contributed by atoms with E-state index in [9.17, 15) is 33.9 Å². The Morgan fingerprint density at radius 3 is 0.901 bits per heavy atom. The molecule has 0 bridgehead atoms. The number of nitrogens with one attached hydrogen (secondary N) is 2. The number of aromatic nitrogens is 6. The molecule has 91 heavy (non-hydrogen) atoms. The van der Waals surface area contributed by atoms with Crippen molar-refractivity contribution in [1.29, 1.82) is 0 Å². The number of carboxylic acid groups (broad SMARTS) is 3. The molecule has 0 saturated heterocycles. The van der Waals surface area contributed by atoms with Crippen molar-refractivity contribution in [2.75, 3.05) is 73.7 Å². The number of carbonyl (C=O) groups excluding carboxylic acids is 3. The van der Waals surface area contributed by atoms with E-state index < -0.39 is 35.8 Å². The van der Waals surface area contributed by atoms with Gasteiger partial charge in [0.1, 0.15) is 34.2 Å². The molecule has 0 saturated carbocycles. The molecule has 0 amide bonds. The maximum absolute atomic E-state index is 12.4. The quantitative estimate of drug-likeness (QED) is 0.0158. The third-order valence-electron chi connectivity index (χ3n) is 14.0. The van der Waals surface area contributed by atoms with Gasteiger partial charge in [0.15, 0.2) is 0 Å². The van der Waals surface area contributed by atoms with E-state index in [1.165, 1.54) is 39.5 Å². The third-order valence-corrected chi connectivity index (χ3v) is 14.0. The Kier molecular flexibility index (Phi) is 27.4. The Hall–Kier alpha value is -10.1. The van der Waals surface area contributed by atoms with Crippen molar-refractivity contribution < 1.29 is 58.3 Å². The maximum Gasteiger partial charge on any atom is 0.356 e. The minimum atomic E-state index is -1.09. The number of esters is 3. The monoisotopic (exact) mass is 1240 g/mol. The van der Waals surface area contributed by atoms with Gasteiger partial charge in [-0.1, -0.05) is 97.1 Å². The molecule has 8 aromatic rings. The molecule has 0 radical (unpaired) electrons. The van der Waals surface area contributed by atoms with Crippen LogP contribution in [-0.2, 0) is 66.6 Å². The summed E-state index contributed by atoms with van der Waals surface area (Å²) in [5.41, 5.74) is 7.10. The van der Waals surface area contributed by atoms with Crippen LogP contribution < -0.4 is 10.6 Å². The highest BCUT2D eigenvalue weighted by Gasteiger charge is 2.20. The first kappa shape index (κ1) is 68.4. The van der Waals surface area contributed by atoms with Crippen LogP contribution in [0, 0.1) is 0 Å². The predicted octanol–water partition coefficient (Wildman–Crippen LogP) is 6.79. The van der Waals surface area contributed by atoms with Crippen LogP contribution in [0.15, 0.2) is 170 Å². The Morgan fingerprint density at radius 1 is 0.319 bits per heavy atom. The first-order valence-corrected chi connectivity index (χ1v) is 29.2. The van der Waals surface area contributed by atoms with E-state index in [2.05, 4.69) is 84.4 Å². The minimum Gasteiger partial charge on any atom is -0.477 e. The lowest BCUT2D eigenvalue weighted by atomic mass is 10.2. The second-order valence-corrected chi connectivity index (χ2v) is 20.8. The van der Waals surface area contributed by atoms with Crippen molar-refractivity contribution >= 4 is 35.8 Å². The van der Waals surface area contributed by atoms with Crippen LogP contribution in [0.5, 0.6) is 0 Å². The summed E-state index contributed by atoms with van der Waals surface area (Å²) >= 11 is 0. The summed E-state index contributed by atoms with van der Waals surface area (Å²) in [5, 5.41) is 33.9. The van der Waals surface area contributed by atoms with Gasteiger partial charge < -0.3 is 40.2 Å². The summed E-state index contributed by atoms with van der Waals surface area (Å²) in [6.45, 7) is 9.01. The SMILES string of the molecule is COC(=O)c1cccc(CN(CCN(Cc2ccccc2)Cc2cccc(C(=O)OC)n2)CCN(Cc2ccccc2)Cc2cccc(C(=O)OC)n2)n1.O=C(O)c1cccc(CNCCN(CCNCc2cccc(C(=O)O)n2)Cc2cccc(C(=O)O)n2)n1. The van der Waals surface area contributed by atoms with Crippen LogP contribution in [0.3, 0.4) is 0 Å². The molecule has 6 heterocycles. The second kappa shape index (κ2) is 36.4. The highest BCUT2D eigenvalue weighted by Crippen LogP contribution is 2.16. The number of rotatable bonds is 34. The van der Waals surface area contributed by atoms with Gasteiger partial charge >= 0.3 is 35.8 Å². The first-order chi connectivity index (χ1) is 44.1. The van der Waals surface area contributed by atoms with Gasteiger partial charge in [-0.25, -0.2) is 58.7 Å². The molecule has 0 aliphatic rings. The molecule has 0 spiro atoms. The number of ether oxygens (including phenoxy) is 3. The molecule has 5 N–H and O–H groups in total. The number of hydrogen-bond acceptors (Lipinski definition) is 21. The lowest BCUT2D eigenvalue weighted by molar-refractivity contribution is 0.0584. The molecular weight excluding hydrogens is 1160 g/mol. The molecule has 0 aliphatic heterocycles. The fourth-order valence-corrected chi connectivity index (χ4v) is 9.48. The number of aromatic carboxylic acids is 3. The largest absolute Gasteiger partial charge is 0.477 e. The Bertz CT molecular complexity index is 3480. The van der Waals surface area contributed by atoms with Gasteiger partial charge in [0, 0.05) is 105 Å². The number of carbonyl (C=O) groups is 6. The Morgan fingerprint density at radius 2 is 0.582 bits per heavy atom. The number of benzene rings is 2. The van der Waals surface area contributed by atoms with E-state index in [4.69, 9.17) is 24.4 Å². The third kappa shape index (κ3) is 23.4. The van der Waals surface area contributed by atoms with E-state index in [0.717, 1.165) is 28.2 Å². The number of methoxy groups -OCH3 is 3. The van der Waals surface area contributed by atoms with Crippen molar-refractivity contribution in [2.24, 2.45) is 0 Å². The van der Waals surface area contributed by atoms with Crippen LogP contribution in [0.25, 0.3) is 0 Å². The zero-order chi connectivity index (χ0) is 64.7. The number of hydrogen-bond donors (Lipinski definition) is 5. The zero-order valence-corrected chi connectivity index (χ0v) is 51.0. The summed E-state index contributed by atoms with van der Waals surface area (Å²) in [4.78, 5) is 106. The van der Waals surface area contributed by atoms with Gasteiger partial charge in [0.05, 0.1) is 55.5 Å². The molecule has 0 fully saturated rings. The van der Waals surface area contributed by atoms with Crippen LogP contribution in [0.4, 0.5) is 0 Å². The number of pyridine rings is 6. The van der Waals surface area contributed by atoms with Crippen molar-refractivity contribution in [3.63, 3.8) is 0 Å². The molecular formula is C67H74N12O12. The molecule has 2 aromatic carbocycles. The van der Waals surface area contributed by atoms with Crippen LogP contribution in [0.1, 0.15) is 108 Å². The van der Waals surface area contributed by atoms with Crippen molar-refractivity contribution in [3.05, 3.63) is 249 Å². The first-order valence-electron chi connectivity index (χ1n) is 29.2. The van der Waals surface area contributed by atoms with Gasteiger partial charge in [-0.05, 0) is 83.9 Å². The molecule has 6 aromatic heterocycles. The molecule has 24 heteroatoms. The maximum atomic E-state index is 12.4. The van der Waals surface area contributed by atoms with Gasteiger partial charge in [-0.3, -0.25) is 19.6 Å². The van der Waals surface area contributed by atoms with Gasteiger partial charge in [-0.2, -0.15) is 0 Å². The minimum absolute atomic E-state index is 0.0141. The van der Waals surface area contributed by atoms with Gasteiger partial charge in [-0.15, -0.1) is 0 Å². The normalized spacial score (nSPS) is 11.1. The fourth-order valence-electron chi connectivity index (χ4n) is 9.48. The van der Waals surface area contributed by atoms with Crippen molar-refractivity contribution in [3.8, 4) is 0 Å². The number of carboxylic acids is 3. The Labute approximate surface area is 527 Å². The average molecular weight is 1240 g/mol. The summed E-state index contributed by atoms with van der Waals surface area (Å²) in [6, 6.07) is 51.1. The summed E-state index contributed by atoms with van der Waals surface area (Å²) in [7, 11) is 4.04. The topological polar surface area (TPSA) is 305 Å². The van der Waals surface area contributed by atoms with E-state index in [0.29, 0.717) is 122 Å². The molecule has 0 aliphatic carbocycles.